The van der Waals surface area contributed by atoms with Gasteiger partial charge in [-0.25, -0.2) is 0 Å². The standard InChI is InChI=1S/C12H17ClF2N2O/c13-10-3-4-11(18-12(14)15)9(7-10)8-17-6-2-1-5-16/h3-4,7,12,17H,1-2,5-6,8,16H2. The predicted octanol–water partition coefficient (Wildman–Crippen LogP) is 2.77. The van der Waals surface area contributed by atoms with Crippen LogP contribution in [0.3, 0.4) is 0 Å². The van der Waals surface area contributed by atoms with Gasteiger partial charge in [0.1, 0.15) is 5.75 Å². The Kier molecular flexibility index (Phi) is 6.93. The zero-order valence-corrected chi connectivity index (χ0v) is 10.7. The van der Waals surface area contributed by atoms with Gasteiger partial charge < -0.3 is 15.8 Å². The van der Waals surface area contributed by atoms with E-state index < -0.39 is 6.61 Å². The van der Waals surface area contributed by atoms with E-state index in [2.05, 4.69) is 10.1 Å². The molecule has 102 valence electrons. The smallest absolute Gasteiger partial charge is 0.387 e. The SMILES string of the molecule is NCCCCNCc1cc(Cl)ccc1OC(F)F. The zero-order chi connectivity index (χ0) is 13.4. The molecule has 0 heterocycles. The summed E-state index contributed by atoms with van der Waals surface area (Å²) in [6.07, 6.45) is 1.88. The third-order valence-electron chi connectivity index (χ3n) is 2.36. The van der Waals surface area contributed by atoms with Crippen molar-refractivity contribution in [2.45, 2.75) is 26.0 Å². The molecule has 18 heavy (non-hydrogen) atoms. The van der Waals surface area contributed by atoms with E-state index in [1.807, 2.05) is 0 Å². The van der Waals surface area contributed by atoms with Crippen LogP contribution < -0.4 is 15.8 Å². The van der Waals surface area contributed by atoms with Crippen LogP contribution in [-0.2, 0) is 6.54 Å². The van der Waals surface area contributed by atoms with Gasteiger partial charge in [-0.3, -0.25) is 0 Å². The second-order valence-electron chi connectivity index (χ2n) is 3.80. The minimum atomic E-state index is -2.83. The van der Waals surface area contributed by atoms with E-state index in [0.29, 0.717) is 23.7 Å². The van der Waals surface area contributed by atoms with Gasteiger partial charge in [0.2, 0.25) is 0 Å². The molecule has 0 fully saturated rings. The van der Waals surface area contributed by atoms with Crippen LogP contribution in [0, 0.1) is 0 Å². The van der Waals surface area contributed by atoms with Crippen molar-refractivity contribution >= 4 is 11.6 Å². The Hall–Kier alpha value is -0.910. The maximum Gasteiger partial charge on any atom is 0.387 e. The lowest BCUT2D eigenvalue weighted by Crippen LogP contribution is -2.17. The maximum absolute atomic E-state index is 12.2. The Labute approximate surface area is 110 Å². The summed E-state index contributed by atoms with van der Waals surface area (Å²) in [6, 6.07) is 4.60. The van der Waals surface area contributed by atoms with Crippen molar-refractivity contribution in [2.75, 3.05) is 13.1 Å². The van der Waals surface area contributed by atoms with Crippen molar-refractivity contribution in [1.29, 1.82) is 0 Å². The van der Waals surface area contributed by atoms with Crippen LogP contribution in [-0.4, -0.2) is 19.7 Å². The molecule has 0 aliphatic rings. The van der Waals surface area contributed by atoms with Gasteiger partial charge in [0.15, 0.2) is 0 Å². The molecule has 0 unspecified atom stereocenters. The number of hydrogen-bond donors (Lipinski definition) is 2. The van der Waals surface area contributed by atoms with Crippen LogP contribution in [0.2, 0.25) is 5.02 Å². The zero-order valence-electron chi connectivity index (χ0n) is 9.96. The maximum atomic E-state index is 12.2. The molecule has 0 saturated heterocycles. The van der Waals surface area contributed by atoms with E-state index in [4.69, 9.17) is 17.3 Å². The Morgan fingerprint density at radius 3 is 2.78 bits per heavy atom. The molecule has 0 aromatic heterocycles. The summed E-state index contributed by atoms with van der Waals surface area (Å²) in [4.78, 5) is 0. The molecule has 1 aromatic rings. The molecule has 0 saturated carbocycles. The summed E-state index contributed by atoms with van der Waals surface area (Å²) in [5.41, 5.74) is 5.99. The molecule has 0 spiro atoms. The van der Waals surface area contributed by atoms with Crippen LogP contribution in [0.1, 0.15) is 18.4 Å². The molecule has 3 N–H and O–H groups in total. The lowest BCUT2D eigenvalue weighted by Gasteiger charge is -2.12. The van der Waals surface area contributed by atoms with Crippen LogP contribution in [0.4, 0.5) is 8.78 Å². The van der Waals surface area contributed by atoms with Gasteiger partial charge in [-0.15, -0.1) is 0 Å². The van der Waals surface area contributed by atoms with E-state index in [0.717, 1.165) is 19.4 Å². The molecule has 0 atom stereocenters. The van der Waals surface area contributed by atoms with Crippen LogP contribution in [0.25, 0.3) is 0 Å². The number of nitrogens with one attached hydrogen (secondary N) is 1. The van der Waals surface area contributed by atoms with Gasteiger partial charge >= 0.3 is 6.61 Å². The van der Waals surface area contributed by atoms with Crippen molar-refractivity contribution in [3.05, 3.63) is 28.8 Å². The third-order valence-corrected chi connectivity index (χ3v) is 2.60. The van der Waals surface area contributed by atoms with Crippen molar-refractivity contribution in [3.63, 3.8) is 0 Å². The number of halogens is 3. The number of hydrogen-bond acceptors (Lipinski definition) is 3. The van der Waals surface area contributed by atoms with Crippen molar-refractivity contribution in [2.24, 2.45) is 5.73 Å². The van der Waals surface area contributed by atoms with Crippen LogP contribution in [0.15, 0.2) is 18.2 Å². The molecule has 1 rings (SSSR count). The largest absolute Gasteiger partial charge is 0.434 e. The molecule has 1 aromatic carbocycles. The number of ether oxygens (including phenoxy) is 1. The Morgan fingerprint density at radius 1 is 1.33 bits per heavy atom. The molecule has 3 nitrogen and oxygen atoms in total. The molecular weight excluding hydrogens is 262 g/mol. The number of benzene rings is 1. The minimum absolute atomic E-state index is 0.153. The van der Waals surface area contributed by atoms with Crippen molar-refractivity contribution < 1.29 is 13.5 Å². The van der Waals surface area contributed by atoms with E-state index in [9.17, 15) is 8.78 Å². The first-order valence-electron chi connectivity index (χ1n) is 5.77. The monoisotopic (exact) mass is 278 g/mol. The quantitative estimate of drug-likeness (QED) is 0.719. The molecule has 0 amide bonds. The lowest BCUT2D eigenvalue weighted by molar-refractivity contribution is -0.0504. The first-order chi connectivity index (χ1) is 8.63. The molecule has 6 heteroatoms. The summed E-state index contributed by atoms with van der Waals surface area (Å²) < 4.78 is 28.8. The fourth-order valence-electron chi connectivity index (χ4n) is 1.51. The van der Waals surface area contributed by atoms with Gasteiger partial charge in [0.05, 0.1) is 0 Å². The highest BCUT2D eigenvalue weighted by Crippen LogP contribution is 2.24. The van der Waals surface area contributed by atoms with E-state index in [1.54, 1.807) is 6.07 Å². The van der Waals surface area contributed by atoms with Gasteiger partial charge in [0.25, 0.3) is 0 Å². The summed E-state index contributed by atoms with van der Waals surface area (Å²) >= 11 is 5.83. The van der Waals surface area contributed by atoms with Crippen molar-refractivity contribution in [1.82, 2.24) is 5.32 Å². The average molecular weight is 279 g/mol. The van der Waals surface area contributed by atoms with E-state index in [1.165, 1.54) is 12.1 Å². The second kappa shape index (κ2) is 8.24. The molecule has 0 radical (unpaired) electrons. The average Bonchev–Trinajstić information content (AvgIpc) is 2.31. The highest BCUT2D eigenvalue weighted by atomic mass is 35.5. The summed E-state index contributed by atoms with van der Waals surface area (Å²) in [6.45, 7) is -0.967. The van der Waals surface area contributed by atoms with Gasteiger partial charge in [-0.05, 0) is 44.1 Å². The fourth-order valence-corrected chi connectivity index (χ4v) is 1.71. The lowest BCUT2D eigenvalue weighted by atomic mass is 10.2. The number of alkyl halides is 2. The van der Waals surface area contributed by atoms with E-state index in [-0.39, 0.29) is 5.75 Å². The van der Waals surface area contributed by atoms with Gasteiger partial charge in [0, 0.05) is 17.1 Å². The summed E-state index contributed by atoms with van der Waals surface area (Å²) in [7, 11) is 0. The number of nitrogens with two attached hydrogens (primary N) is 1. The molecule has 0 aliphatic heterocycles. The highest BCUT2D eigenvalue weighted by molar-refractivity contribution is 6.30. The number of unbranched alkanes of at least 4 members (excludes halogenated alkanes) is 1. The molecule has 0 bridgehead atoms. The normalized spacial score (nSPS) is 10.9. The predicted molar refractivity (Wildman–Crippen MR) is 68.1 cm³/mol. The van der Waals surface area contributed by atoms with Crippen LogP contribution in [0.5, 0.6) is 5.75 Å². The third kappa shape index (κ3) is 5.62. The minimum Gasteiger partial charge on any atom is -0.434 e. The first-order valence-corrected chi connectivity index (χ1v) is 6.15. The highest BCUT2D eigenvalue weighted by Gasteiger charge is 2.09. The molecule has 0 aliphatic carbocycles. The summed E-state index contributed by atoms with van der Waals surface area (Å²) in [5, 5.41) is 3.63. The van der Waals surface area contributed by atoms with Gasteiger partial charge in [-0.2, -0.15) is 8.78 Å². The van der Waals surface area contributed by atoms with Crippen LogP contribution >= 0.6 is 11.6 Å². The number of rotatable bonds is 8. The fraction of sp³-hybridized carbons (Fsp3) is 0.500. The Balaban J connectivity index is 2.53. The van der Waals surface area contributed by atoms with E-state index >= 15 is 0 Å². The van der Waals surface area contributed by atoms with Crippen molar-refractivity contribution in [3.8, 4) is 5.75 Å². The Morgan fingerprint density at radius 2 is 2.11 bits per heavy atom. The van der Waals surface area contributed by atoms with Gasteiger partial charge in [-0.1, -0.05) is 11.6 Å². The molecular formula is C12H17ClF2N2O. The second-order valence-corrected chi connectivity index (χ2v) is 4.24. The Bertz CT molecular complexity index is 364. The topological polar surface area (TPSA) is 47.3 Å². The summed E-state index contributed by atoms with van der Waals surface area (Å²) in [5.74, 6) is 0.153. The first kappa shape index (κ1) is 15.1.